The molecular weight excluding hydrogens is 204 g/mol. The van der Waals surface area contributed by atoms with Gasteiger partial charge in [-0.3, -0.25) is 4.79 Å². The second kappa shape index (κ2) is 7.01. The molecule has 2 N–H and O–H groups in total. The summed E-state index contributed by atoms with van der Waals surface area (Å²) in [5.41, 5.74) is 0.860. The molecule has 0 aliphatic heterocycles. The van der Waals surface area contributed by atoms with Gasteiger partial charge in [-0.2, -0.15) is 0 Å². The Labute approximate surface area is 95.7 Å². The van der Waals surface area contributed by atoms with E-state index < -0.39 is 11.9 Å². The van der Waals surface area contributed by atoms with E-state index in [1.165, 1.54) is 0 Å². The fourth-order valence-corrected chi connectivity index (χ4v) is 1.76. The van der Waals surface area contributed by atoms with Crippen molar-refractivity contribution in [1.82, 2.24) is 0 Å². The van der Waals surface area contributed by atoms with Crippen molar-refractivity contribution in [3.8, 4) is 0 Å². The van der Waals surface area contributed by atoms with Gasteiger partial charge < -0.3 is 10.2 Å². The molecule has 0 radical (unpaired) electrons. The van der Waals surface area contributed by atoms with Crippen molar-refractivity contribution in [1.29, 1.82) is 0 Å². The molecule has 0 aliphatic carbocycles. The first kappa shape index (κ1) is 12.7. The van der Waals surface area contributed by atoms with Crippen molar-refractivity contribution >= 4 is 5.97 Å². The lowest BCUT2D eigenvalue weighted by atomic mass is 9.93. The van der Waals surface area contributed by atoms with Crippen LogP contribution in [0.4, 0.5) is 0 Å². The fraction of sp³-hybridized carbons (Fsp3) is 0.462. The second-order valence-corrected chi connectivity index (χ2v) is 3.87. The third-order valence-electron chi connectivity index (χ3n) is 2.65. The highest BCUT2D eigenvalue weighted by atomic mass is 16.4. The summed E-state index contributed by atoms with van der Waals surface area (Å²) >= 11 is 0. The minimum absolute atomic E-state index is 0.184. The number of aliphatic hydroxyl groups is 1. The molecule has 1 rings (SSSR count). The van der Waals surface area contributed by atoms with Gasteiger partial charge in [-0.15, -0.1) is 0 Å². The molecule has 88 valence electrons. The summed E-state index contributed by atoms with van der Waals surface area (Å²) in [5, 5.41) is 17.8. The van der Waals surface area contributed by atoms with Gasteiger partial charge in [0.2, 0.25) is 0 Å². The molecule has 0 spiro atoms. The summed E-state index contributed by atoms with van der Waals surface area (Å²) in [4.78, 5) is 11.1. The summed E-state index contributed by atoms with van der Waals surface area (Å²) in [7, 11) is 0. The van der Waals surface area contributed by atoms with Crippen LogP contribution < -0.4 is 0 Å². The molecule has 3 nitrogen and oxygen atoms in total. The molecule has 1 aromatic rings. The molecular formula is C13H18O3. The molecule has 16 heavy (non-hydrogen) atoms. The molecule has 0 saturated heterocycles. The number of rotatable bonds is 7. The van der Waals surface area contributed by atoms with Crippen molar-refractivity contribution in [2.45, 2.75) is 31.6 Å². The first-order valence-electron chi connectivity index (χ1n) is 5.64. The zero-order chi connectivity index (χ0) is 11.8. The SMILES string of the molecule is O=C(O)C(CCCCCO)c1ccccc1. The smallest absolute Gasteiger partial charge is 0.310 e. The zero-order valence-electron chi connectivity index (χ0n) is 9.30. The maximum atomic E-state index is 11.1. The Hall–Kier alpha value is -1.35. The van der Waals surface area contributed by atoms with E-state index in [0.29, 0.717) is 6.42 Å². The first-order chi connectivity index (χ1) is 7.75. The van der Waals surface area contributed by atoms with Crippen molar-refractivity contribution in [3.63, 3.8) is 0 Å². The van der Waals surface area contributed by atoms with Crippen molar-refractivity contribution in [2.24, 2.45) is 0 Å². The van der Waals surface area contributed by atoms with Crippen LogP contribution in [-0.4, -0.2) is 22.8 Å². The van der Waals surface area contributed by atoms with Gasteiger partial charge in [0.25, 0.3) is 0 Å². The average molecular weight is 222 g/mol. The van der Waals surface area contributed by atoms with Gasteiger partial charge in [0.1, 0.15) is 0 Å². The van der Waals surface area contributed by atoms with Crippen molar-refractivity contribution in [2.75, 3.05) is 6.61 Å². The number of carboxylic acid groups (broad SMARTS) is 1. The van der Waals surface area contributed by atoms with Crippen LogP contribution in [0.1, 0.15) is 37.2 Å². The third-order valence-corrected chi connectivity index (χ3v) is 2.65. The van der Waals surface area contributed by atoms with Gasteiger partial charge in [0.15, 0.2) is 0 Å². The summed E-state index contributed by atoms with van der Waals surface area (Å²) in [5.74, 6) is -1.19. The molecule has 1 aromatic carbocycles. The van der Waals surface area contributed by atoms with E-state index in [-0.39, 0.29) is 6.61 Å². The quantitative estimate of drug-likeness (QED) is 0.696. The molecule has 0 bridgehead atoms. The van der Waals surface area contributed by atoms with E-state index in [4.69, 9.17) is 10.2 Å². The molecule has 0 aliphatic rings. The Morgan fingerprint density at radius 1 is 1.12 bits per heavy atom. The van der Waals surface area contributed by atoms with Crippen LogP contribution >= 0.6 is 0 Å². The van der Waals surface area contributed by atoms with E-state index >= 15 is 0 Å². The van der Waals surface area contributed by atoms with Crippen LogP contribution in [0.25, 0.3) is 0 Å². The van der Waals surface area contributed by atoms with E-state index in [1.807, 2.05) is 30.3 Å². The topological polar surface area (TPSA) is 57.5 Å². The maximum Gasteiger partial charge on any atom is 0.310 e. The zero-order valence-corrected chi connectivity index (χ0v) is 9.30. The van der Waals surface area contributed by atoms with Gasteiger partial charge in [0.05, 0.1) is 5.92 Å². The number of aliphatic hydroxyl groups excluding tert-OH is 1. The van der Waals surface area contributed by atoms with Crippen LogP contribution in [0.5, 0.6) is 0 Å². The van der Waals surface area contributed by atoms with E-state index in [9.17, 15) is 4.79 Å². The predicted octanol–water partition coefficient (Wildman–Crippen LogP) is 2.41. The fourth-order valence-electron chi connectivity index (χ4n) is 1.76. The Morgan fingerprint density at radius 3 is 2.38 bits per heavy atom. The minimum atomic E-state index is -0.768. The minimum Gasteiger partial charge on any atom is -0.481 e. The highest BCUT2D eigenvalue weighted by molar-refractivity contribution is 5.75. The molecule has 0 saturated carbocycles. The Balaban J connectivity index is 2.52. The molecule has 1 atom stereocenters. The van der Waals surface area contributed by atoms with E-state index in [2.05, 4.69) is 0 Å². The normalized spacial score (nSPS) is 12.3. The van der Waals surface area contributed by atoms with Crippen LogP contribution in [0.2, 0.25) is 0 Å². The van der Waals surface area contributed by atoms with E-state index in [1.54, 1.807) is 0 Å². The van der Waals surface area contributed by atoms with Gasteiger partial charge in [-0.25, -0.2) is 0 Å². The monoisotopic (exact) mass is 222 g/mol. The summed E-state index contributed by atoms with van der Waals surface area (Å²) < 4.78 is 0. The van der Waals surface area contributed by atoms with Crippen LogP contribution in [0, 0.1) is 0 Å². The average Bonchev–Trinajstić information content (AvgIpc) is 2.30. The number of hydrogen-bond donors (Lipinski definition) is 2. The van der Waals surface area contributed by atoms with Crippen LogP contribution in [0.15, 0.2) is 30.3 Å². The number of aliphatic carboxylic acids is 1. The van der Waals surface area contributed by atoms with Crippen molar-refractivity contribution in [3.05, 3.63) is 35.9 Å². The number of carboxylic acids is 1. The third kappa shape index (κ3) is 4.03. The highest BCUT2D eigenvalue weighted by Gasteiger charge is 2.18. The first-order valence-corrected chi connectivity index (χ1v) is 5.64. The molecule has 0 aromatic heterocycles. The molecule has 1 unspecified atom stereocenters. The summed E-state index contributed by atoms with van der Waals surface area (Å²) in [6.07, 6.45) is 3.11. The Bertz CT molecular complexity index is 308. The van der Waals surface area contributed by atoms with Crippen LogP contribution in [0.3, 0.4) is 0 Å². The molecule has 3 heteroatoms. The lowest BCUT2D eigenvalue weighted by Gasteiger charge is -2.12. The molecule has 0 amide bonds. The van der Waals surface area contributed by atoms with E-state index in [0.717, 1.165) is 24.8 Å². The van der Waals surface area contributed by atoms with Gasteiger partial charge in [-0.1, -0.05) is 43.2 Å². The van der Waals surface area contributed by atoms with Gasteiger partial charge >= 0.3 is 5.97 Å². The standard InChI is InChI=1S/C13H18O3/c14-10-6-2-5-9-12(13(15)16)11-7-3-1-4-8-11/h1,3-4,7-8,12,14H,2,5-6,9-10H2,(H,15,16). The lowest BCUT2D eigenvalue weighted by Crippen LogP contribution is -2.11. The van der Waals surface area contributed by atoms with Gasteiger partial charge in [0, 0.05) is 6.61 Å². The Kier molecular flexibility index (Phi) is 5.57. The number of hydrogen-bond acceptors (Lipinski definition) is 2. The Morgan fingerprint density at radius 2 is 1.81 bits per heavy atom. The summed E-state index contributed by atoms with van der Waals surface area (Å²) in [6.45, 7) is 0.184. The van der Waals surface area contributed by atoms with Crippen molar-refractivity contribution < 1.29 is 15.0 Å². The molecule has 0 heterocycles. The molecule has 0 fully saturated rings. The number of benzene rings is 1. The number of carbonyl (C=O) groups is 1. The number of unbranched alkanes of at least 4 members (excludes halogenated alkanes) is 2. The van der Waals surface area contributed by atoms with Gasteiger partial charge in [-0.05, 0) is 18.4 Å². The lowest BCUT2D eigenvalue weighted by molar-refractivity contribution is -0.139. The largest absolute Gasteiger partial charge is 0.481 e. The summed E-state index contributed by atoms with van der Waals surface area (Å²) in [6, 6.07) is 9.31. The predicted molar refractivity (Wildman–Crippen MR) is 62.4 cm³/mol. The maximum absolute atomic E-state index is 11.1. The second-order valence-electron chi connectivity index (χ2n) is 3.87. The van der Waals surface area contributed by atoms with Crippen LogP contribution in [-0.2, 0) is 4.79 Å². The highest BCUT2D eigenvalue weighted by Crippen LogP contribution is 2.22.